The highest BCUT2D eigenvalue weighted by atomic mass is 35.5. The van der Waals surface area contributed by atoms with E-state index in [0.717, 1.165) is 35.9 Å². The SMILES string of the molecule is O=C(COc1ccc(Cl)cc1Cl)N1CCN(Cc2nc(-c3ccc(Cl)cc3)cs2)CC1. The summed E-state index contributed by atoms with van der Waals surface area (Å²) in [5.74, 6) is 0.406. The van der Waals surface area contributed by atoms with Crippen molar-refractivity contribution in [1.82, 2.24) is 14.8 Å². The molecule has 0 bridgehead atoms. The number of aromatic nitrogens is 1. The molecule has 4 rings (SSSR count). The van der Waals surface area contributed by atoms with Crippen molar-refractivity contribution in [3.05, 3.63) is 67.9 Å². The quantitative estimate of drug-likeness (QED) is 0.452. The van der Waals surface area contributed by atoms with Gasteiger partial charge in [-0.05, 0) is 30.3 Å². The van der Waals surface area contributed by atoms with Crippen LogP contribution in [0.2, 0.25) is 15.1 Å². The highest BCUT2D eigenvalue weighted by Crippen LogP contribution is 2.28. The van der Waals surface area contributed by atoms with E-state index in [1.807, 2.05) is 29.2 Å². The Morgan fingerprint density at radius 1 is 1.00 bits per heavy atom. The van der Waals surface area contributed by atoms with Gasteiger partial charge in [-0.3, -0.25) is 9.69 Å². The minimum absolute atomic E-state index is 0.0434. The fraction of sp³-hybridized carbons (Fsp3) is 0.273. The van der Waals surface area contributed by atoms with Gasteiger partial charge in [0.1, 0.15) is 10.8 Å². The normalized spacial score (nSPS) is 14.6. The van der Waals surface area contributed by atoms with E-state index in [0.29, 0.717) is 33.9 Å². The average molecular weight is 497 g/mol. The first kappa shape index (κ1) is 22.4. The molecule has 0 N–H and O–H groups in total. The second-order valence-electron chi connectivity index (χ2n) is 7.15. The van der Waals surface area contributed by atoms with Crippen molar-refractivity contribution < 1.29 is 9.53 Å². The molecule has 0 unspecified atom stereocenters. The van der Waals surface area contributed by atoms with Crippen LogP contribution in [-0.4, -0.2) is 53.5 Å². The van der Waals surface area contributed by atoms with Crippen molar-refractivity contribution in [3.63, 3.8) is 0 Å². The number of rotatable bonds is 6. The Bertz CT molecular complexity index is 1050. The third-order valence-electron chi connectivity index (χ3n) is 5.02. The van der Waals surface area contributed by atoms with E-state index in [1.54, 1.807) is 29.5 Å². The molecule has 0 saturated carbocycles. The third kappa shape index (κ3) is 5.90. The van der Waals surface area contributed by atoms with Crippen LogP contribution >= 0.6 is 46.1 Å². The number of thiazole rings is 1. The largest absolute Gasteiger partial charge is 0.482 e. The van der Waals surface area contributed by atoms with Crippen molar-refractivity contribution in [3.8, 4) is 17.0 Å². The molecule has 1 aromatic heterocycles. The highest BCUT2D eigenvalue weighted by Gasteiger charge is 2.22. The fourth-order valence-electron chi connectivity index (χ4n) is 3.31. The van der Waals surface area contributed by atoms with Gasteiger partial charge in [0.25, 0.3) is 5.91 Å². The molecule has 2 aromatic carbocycles. The van der Waals surface area contributed by atoms with Gasteiger partial charge in [0.15, 0.2) is 6.61 Å². The lowest BCUT2D eigenvalue weighted by atomic mass is 10.2. The van der Waals surface area contributed by atoms with Crippen LogP contribution in [0.4, 0.5) is 0 Å². The van der Waals surface area contributed by atoms with E-state index < -0.39 is 0 Å². The summed E-state index contributed by atoms with van der Waals surface area (Å²) in [6.07, 6.45) is 0. The number of hydrogen-bond donors (Lipinski definition) is 0. The Kier molecular flexibility index (Phi) is 7.35. The van der Waals surface area contributed by atoms with E-state index in [1.165, 1.54) is 0 Å². The number of carbonyl (C=O) groups excluding carboxylic acids is 1. The van der Waals surface area contributed by atoms with E-state index in [4.69, 9.17) is 44.5 Å². The summed E-state index contributed by atoms with van der Waals surface area (Å²) in [5, 5.41) is 4.77. The molecule has 9 heteroatoms. The summed E-state index contributed by atoms with van der Waals surface area (Å²) in [4.78, 5) is 21.4. The molecule has 0 radical (unpaired) electrons. The standard InChI is InChI=1S/C22H20Cl3N3O2S/c23-16-3-1-15(2-4-16)19-14-31-21(26-19)12-27-7-9-28(10-8-27)22(29)13-30-20-6-5-17(24)11-18(20)25/h1-6,11,14H,7-10,12-13H2. The van der Waals surface area contributed by atoms with E-state index in [-0.39, 0.29) is 12.5 Å². The van der Waals surface area contributed by atoms with Crippen LogP contribution in [-0.2, 0) is 11.3 Å². The van der Waals surface area contributed by atoms with Crippen molar-refractivity contribution in [2.75, 3.05) is 32.8 Å². The summed E-state index contributed by atoms with van der Waals surface area (Å²) in [7, 11) is 0. The Hall–Kier alpha value is -1.83. The predicted octanol–water partition coefficient (Wildman–Crippen LogP) is 5.49. The molecule has 2 heterocycles. The molecule has 0 aliphatic carbocycles. The summed E-state index contributed by atoms with van der Waals surface area (Å²) < 4.78 is 5.57. The van der Waals surface area contributed by atoms with Crippen molar-refractivity contribution in [1.29, 1.82) is 0 Å². The van der Waals surface area contributed by atoms with Crippen LogP contribution < -0.4 is 4.74 Å². The lowest BCUT2D eigenvalue weighted by molar-refractivity contribution is -0.135. The molecule has 162 valence electrons. The summed E-state index contributed by atoms with van der Waals surface area (Å²) >= 11 is 19.6. The average Bonchev–Trinajstić information content (AvgIpc) is 3.22. The van der Waals surface area contributed by atoms with E-state index in [9.17, 15) is 4.79 Å². The molecule has 1 amide bonds. The smallest absolute Gasteiger partial charge is 0.260 e. The van der Waals surface area contributed by atoms with E-state index in [2.05, 4.69) is 10.3 Å². The van der Waals surface area contributed by atoms with Gasteiger partial charge in [0.05, 0.1) is 17.3 Å². The minimum atomic E-state index is -0.0510. The molecule has 1 aliphatic rings. The molecule has 5 nitrogen and oxygen atoms in total. The van der Waals surface area contributed by atoms with Crippen LogP contribution in [0.5, 0.6) is 5.75 Å². The zero-order chi connectivity index (χ0) is 21.8. The topological polar surface area (TPSA) is 45.7 Å². The summed E-state index contributed by atoms with van der Waals surface area (Å²) in [6.45, 7) is 3.64. The van der Waals surface area contributed by atoms with Crippen LogP contribution in [0, 0.1) is 0 Å². The second-order valence-corrected chi connectivity index (χ2v) is 9.38. The third-order valence-corrected chi connectivity index (χ3v) is 6.64. The maximum Gasteiger partial charge on any atom is 0.260 e. The number of benzene rings is 2. The number of halogens is 3. The second kappa shape index (κ2) is 10.2. The zero-order valence-corrected chi connectivity index (χ0v) is 19.6. The summed E-state index contributed by atoms with van der Waals surface area (Å²) in [5.41, 5.74) is 2.02. The van der Waals surface area contributed by atoms with Gasteiger partial charge in [-0.1, -0.05) is 46.9 Å². The first-order valence-corrected chi connectivity index (χ1v) is 11.8. The van der Waals surface area contributed by atoms with Crippen LogP contribution in [0.1, 0.15) is 5.01 Å². The molecule has 1 fully saturated rings. The number of nitrogens with zero attached hydrogens (tertiary/aromatic N) is 3. The maximum absolute atomic E-state index is 12.5. The zero-order valence-electron chi connectivity index (χ0n) is 16.6. The van der Waals surface area contributed by atoms with Gasteiger partial charge in [-0.2, -0.15) is 0 Å². The van der Waals surface area contributed by atoms with Crippen molar-refractivity contribution in [2.45, 2.75) is 6.54 Å². The molecular formula is C22H20Cl3N3O2S. The van der Waals surface area contributed by atoms with Crippen LogP contribution in [0.15, 0.2) is 47.8 Å². The van der Waals surface area contributed by atoms with Gasteiger partial charge in [-0.15, -0.1) is 11.3 Å². The van der Waals surface area contributed by atoms with Crippen molar-refractivity contribution >= 4 is 52.0 Å². The van der Waals surface area contributed by atoms with Crippen molar-refractivity contribution in [2.24, 2.45) is 0 Å². The van der Waals surface area contributed by atoms with Gasteiger partial charge < -0.3 is 9.64 Å². The predicted molar refractivity (Wildman–Crippen MR) is 126 cm³/mol. The number of amides is 1. The highest BCUT2D eigenvalue weighted by molar-refractivity contribution is 7.09. The van der Waals surface area contributed by atoms with E-state index >= 15 is 0 Å². The Balaban J connectivity index is 1.25. The molecule has 1 aliphatic heterocycles. The first-order valence-electron chi connectivity index (χ1n) is 9.76. The molecular weight excluding hydrogens is 477 g/mol. The molecule has 0 atom stereocenters. The Labute approximate surface area is 200 Å². The number of ether oxygens (including phenoxy) is 1. The monoisotopic (exact) mass is 495 g/mol. The lowest BCUT2D eigenvalue weighted by Gasteiger charge is -2.34. The van der Waals surface area contributed by atoms with Gasteiger partial charge in [0, 0.05) is 47.2 Å². The van der Waals surface area contributed by atoms with Gasteiger partial charge in [0.2, 0.25) is 0 Å². The fourth-order valence-corrected chi connectivity index (χ4v) is 4.74. The Morgan fingerprint density at radius 3 is 2.42 bits per heavy atom. The number of hydrogen-bond acceptors (Lipinski definition) is 5. The van der Waals surface area contributed by atoms with Crippen LogP contribution in [0.25, 0.3) is 11.3 Å². The number of piperazine rings is 1. The van der Waals surface area contributed by atoms with Crippen LogP contribution in [0.3, 0.4) is 0 Å². The molecule has 3 aromatic rings. The molecule has 0 spiro atoms. The minimum Gasteiger partial charge on any atom is -0.482 e. The van der Waals surface area contributed by atoms with Gasteiger partial charge in [-0.25, -0.2) is 4.98 Å². The molecule has 31 heavy (non-hydrogen) atoms. The maximum atomic E-state index is 12.5. The number of carbonyl (C=O) groups is 1. The first-order chi connectivity index (χ1) is 15.0. The van der Waals surface area contributed by atoms with Gasteiger partial charge >= 0.3 is 0 Å². The lowest BCUT2D eigenvalue weighted by Crippen LogP contribution is -2.49. The molecule has 1 saturated heterocycles. The summed E-state index contributed by atoms with van der Waals surface area (Å²) in [6, 6.07) is 12.6. The Morgan fingerprint density at radius 2 is 1.71 bits per heavy atom.